The van der Waals surface area contributed by atoms with Gasteiger partial charge in [-0.05, 0) is 75.2 Å². The Hall–Kier alpha value is -6.40. The third-order valence-corrected chi connectivity index (χ3v) is 8.12. The van der Waals surface area contributed by atoms with Crippen molar-refractivity contribution in [3.63, 3.8) is 0 Å². The first kappa shape index (κ1) is 31.6. The lowest BCUT2D eigenvalue weighted by Crippen LogP contribution is -2.26. The number of nitrogens with one attached hydrogen (secondary N) is 2. The minimum absolute atomic E-state index is 0.0221. The Balaban J connectivity index is 1.10. The molecule has 2 unspecified atom stereocenters. The minimum Gasteiger partial charge on any atom is -0.325 e. The Morgan fingerprint density at radius 3 is 1.42 bits per heavy atom. The summed E-state index contributed by atoms with van der Waals surface area (Å²) in [6.45, 7) is 3.12. The number of nitrogens with zero attached hydrogens (tertiary/aromatic N) is 8. The van der Waals surface area contributed by atoms with Crippen molar-refractivity contribution in [2.75, 3.05) is 10.6 Å². The van der Waals surface area contributed by atoms with Gasteiger partial charge in [0.25, 0.3) is 0 Å². The predicted octanol–water partition coefficient (Wildman–Crippen LogP) is 7.03. The first-order chi connectivity index (χ1) is 23.2. The number of fused-ring (bicyclic) bond motifs is 6. The molecule has 236 valence electrons. The molecule has 12 nitrogen and oxygen atoms in total. The predicted molar refractivity (Wildman–Crippen MR) is 183 cm³/mol. The average molecular weight is 635 g/mol. The first-order valence-electron chi connectivity index (χ1n) is 15.3. The Kier molecular flexibility index (Phi) is 8.65. The standard InChI is InChI=1S/C36H30N10O2/c1-35(21-37,13-11-29(47)43-27-19-23-7-3-15-39-31(23)33-25(27)9-5-17-41-33)45-46-36(2,22-38)14-12-30(48)44-28-20-24-8-4-16-40-32(24)34-26(28)10-6-18-42-34/h3-10,15-20H,11-14H2,1-2H3,(H,43,47)(H,44,48). The molecule has 0 saturated carbocycles. The number of aromatic nitrogens is 4. The van der Waals surface area contributed by atoms with E-state index in [1.165, 1.54) is 0 Å². The number of amides is 2. The molecule has 2 atom stereocenters. The zero-order chi connectivity index (χ0) is 33.7. The van der Waals surface area contributed by atoms with Crippen LogP contribution in [0.1, 0.15) is 39.5 Å². The van der Waals surface area contributed by atoms with Crippen molar-refractivity contribution in [1.82, 2.24) is 19.9 Å². The number of hydrogen-bond acceptors (Lipinski definition) is 10. The van der Waals surface area contributed by atoms with Crippen molar-refractivity contribution in [2.24, 2.45) is 10.2 Å². The summed E-state index contributed by atoms with van der Waals surface area (Å²) in [5.74, 6) is -0.626. The highest BCUT2D eigenvalue weighted by molar-refractivity contribution is 6.13. The lowest BCUT2D eigenvalue weighted by molar-refractivity contribution is -0.117. The van der Waals surface area contributed by atoms with Gasteiger partial charge in [0.2, 0.25) is 11.8 Å². The van der Waals surface area contributed by atoms with Gasteiger partial charge in [-0.1, -0.05) is 12.1 Å². The quantitative estimate of drug-likeness (QED) is 0.119. The summed E-state index contributed by atoms with van der Waals surface area (Å²) in [7, 11) is 0. The molecule has 2 amide bonds. The number of benzene rings is 2. The van der Waals surface area contributed by atoms with Gasteiger partial charge in [-0.25, -0.2) is 0 Å². The number of rotatable bonds is 10. The van der Waals surface area contributed by atoms with Gasteiger partial charge in [-0.2, -0.15) is 20.8 Å². The molecule has 2 aromatic carbocycles. The highest BCUT2D eigenvalue weighted by Gasteiger charge is 2.30. The number of pyridine rings is 4. The molecule has 0 aliphatic carbocycles. The monoisotopic (exact) mass is 634 g/mol. The Labute approximate surface area is 275 Å². The summed E-state index contributed by atoms with van der Waals surface area (Å²) in [6.07, 6.45) is 6.82. The van der Waals surface area contributed by atoms with E-state index < -0.39 is 11.1 Å². The molecule has 0 saturated heterocycles. The van der Waals surface area contributed by atoms with E-state index in [-0.39, 0.29) is 37.5 Å². The normalized spacial score (nSPS) is 13.9. The zero-order valence-corrected chi connectivity index (χ0v) is 26.3. The van der Waals surface area contributed by atoms with Crippen LogP contribution in [0.2, 0.25) is 0 Å². The Bertz CT molecular complexity index is 2160. The highest BCUT2D eigenvalue weighted by Crippen LogP contribution is 2.31. The van der Waals surface area contributed by atoms with Gasteiger partial charge in [0.1, 0.15) is 0 Å². The van der Waals surface area contributed by atoms with E-state index in [4.69, 9.17) is 0 Å². The second-order valence-electron chi connectivity index (χ2n) is 11.9. The number of azo groups is 1. The van der Waals surface area contributed by atoms with Crippen LogP contribution < -0.4 is 10.6 Å². The topological polar surface area (TPSA) is 182 Å². The van der Waals surface area contributed by atoms with E-state index in [1.54, 1.807) is 50.8 Å². The third kappa shape index (κ3) is 6.59. The van der Waals surface area contributed by atoms with Gasteiger partial charge in [0.15, 0.2) is 11.1 Å². The second-order valence-corrected chi connectivity index (χ2v) is 11.9. The van der Waals surface area contributed by atoms with Crippen molar-refractivity contribution < 1.29 is 9.59 Å². The number of nitriles is 2. The van der Waals surface area contributed by atoms with E-state index in [0.717, 1.165) is 32.6 Å². The summed E-state index contributed by atoms with van der Waals surface area (Å²) in [6, 6.07) is 22.7. The van der Waals surface area contributed by atoms with Crippen LogP contribution in [-0.4, -0.2) is 42.8 Å². The maximum atomic E-state index is 13.1. The van der Waals surface area contributed by atoms with Crippen molar-refractivity contribution in [2.45, 2.75) is 50.6 Å². The van der Waals surface area contributed by atoms with Crippen LogP contribution in [0.15, 0.2) is 95.7 Å². The molecule has 48 heavy (non-hydrogen) atoms. The van der Waals surface area contributed by atoms with Crippen LogP contribution in [-0.2, 0) is 9.59 Å². The Morgan fingerprint density at radius 2 is 1.02 bits per heavy atom. The first-order valence-corrected chi connectivity index (χ1v) is 15.3. The molecule has 0 radical (unpaired) electrons. The van der Waals surface area contributed by atoms with Crippen LogP contribution in [0.5, 0.6) is 0 Å². The largest absolute Gasteiger partial charge is 0.325 e. The smallest absolute Gasteiger partial charge is 0.224 e. The summed E-state index contributed by atoms with van der Waals surface area (Å²) in [5, 5.41) is 37.4. The maximum Gasteiger partial charge on any atom is 0.224 e. The van der Waals surface area contributed by atoms with Crippen molar-refractivity contribution in [3.8, 4) is 12.1 Å². The lowest BCUT2D eigenvalue weighted by Gasteiger charge is -2.20. The van der Waals surface area contributed by atoms with E-state index in [2.05, 4.69) is 52.9 Å². The second kappa shape index (κ2) is 13.1. The van der Waals surface area contributed by atoms with Gasteiger partial charge in [-0.15, -0.1) is 0 Å². The molecule has 0 aliphatic heterocycles. The molecular formula is C36H30N10O2. The fourth-order valence-electron chi connectivity index (χ4n) is 5.38. The van der Waals surface area contributed by atoms with E-state index in [0.29, 0.717) is 22.4 Å². The molecule has 0 bridgehead atoms. The lowest BCUT2D eigenvalue weighted by atomic mass is 9.97. The van der Waals surface area contributed by atoms with E-state index in [1.807, 2.05) is 48.5 Å². The molecule has 6 rings (SSSR count). The number of carbonyl (C=O) groups is 2. The molecule has 0 fully saturated rings. The summed E-state index contributed by atoms with van der Waals surface area (Å²) in [4.78, 5) is 43.9. The Morgan fingerprint density at radius 1 is 0.646 bits per heavy atom. The van der Waals surface area contributed by atoms with Gasteiger partial charge in [0, 0.05) is 59.2 Å². The molecule has 12 heteroatoms. The van der Waals surface area contributed by atoms with Crippen molar-refractivity contribution in [3.05, 3.63) is 85.5 Å². The summed E-state index contributed by atoms with van der Waals surface area (Å²) >= 11 is 0. The minimum atomic E-state index is -1.38. The fraction of sp³-hybridized carbons (Fsp3) is 0.222. The molecule has 2 N–H and O–H groups in total. The fourth-order valence-corrected chi connectivity index (χ4v) is 5.38. The van der Waals surface area contributed by atoms with Crippen LogP contribution in [0.4, 0.5) is 11.4 Å². The molecule has 6 aromatic rings. The van der Waals surface area contributed by atoms with E-state index in [9.17, 15) is 20.1 Å². The average Bonchev–Trinajstić information content (AvgIpc) is 3.12. The van der Waals surface area contributed by atoms with Crippen LogP contribution >= 0.6 is 0 Å². The van der Waals surface area contributed by atoms with Gasteiger partial charge < -0.3 is 10.6 Å². The van der Waals surface area contributed by atoms with Crippen molar-refractivity contribution in [1.29, 1.82) is 10.5 Å². The molecular weight excluding hydrogens is 604 g/mol. The molecule has 4 heterocycles. The van der Waals surface area contributed by atoms with E-state index >= 15 is 0 Å². The van der Waals surface area contributed by atoms with Gasteiger partial charge in [-0.3, -0.25) is 29.5 Å². The number of anilines is 2. The van der Waals surface area contributed by atoms with Crippen LogP contribution in [0.3, 0.4) is 0 Å². The number of carbonyl (C=O) groups excluding carboxylic acids is 2. The maximum absolute atomic E-state index is 13.1. The zero-order valence-electron chi connectivity index (χ0n) is 26.3. The SMILES string of the molecule is CC(C#N)(CCC(=O)Nc1cc2cccnc2c2ncccc12)N=NC(C)(C#N)CCC(=O)Nc1cc2cccnc2c2ncccc12. The van der Waals surface area contributed by atoms with Gasteiger partial charge >= 0.3 is 0 Å². The van der Waals surface area contributed by atoms with Gasteiger partial charge in [0.05, 0.1) is 45.6 Å². The molecule has 0 aliphatic rings. The molecule has 4 aromatic heterocycles. The van der Waals surface area contributed by atoms with Crippen LogP contribution in [0.25, 0.3) is 43.6 Å². The van der Waals surface area contributed by atoms with Crippen LogP contribution in [0, 0.1) is 22.7 Å². The summed E-state index contributed by atoms with van der Waals surface area (Å²) < 4.78 is 0. The summed E-state index contributed by atoms with van der Waals surface area (Å²) in [5.41, 5.74) is 1.24. The highest BCUT2D eigenvalue weighted by atomic mass is 16.2. The van der Waals surface area contributed by atoms with Crippen molar-refractivity contribution >= 4 is 66.8 Å². The third-order valence-electron chi connectivity index (χ3n) is 8.12. The number of hydrogen-bond donors (Lipinski definition) is 2. The molecule has 0 spiro atoms.